The Morgan fingerprint density at radius 2 is 1.71 bits per heavy atom. The highest BCUT2D eigenvalue weighted by atomic mass is 32.1. The van der Waals surface area contributed by atoms with Crippen LogP contribution >= 0.6 is 12.2 Å². The molecule has 0 saturated carbocycles. The number of benzene rings is 2. The lowest BCUT2D eigenvalue weighted by atomic mass is 10.1. The fourth-order valence-electron chi connectivity index (χ4n) is 2.73. The Kier molecular flexibility index (Phi) is 8.34. The number of nitrogens with zero attached hydrogens (tertiary/aromatic N) is 3. The first-order valence-electron chi connectivity index (χ1n) is 9.84. The summed E-state index contributed by atoms with van der Waals surface area (Å²) in [7, 11) is 0. The zero-order chi connectivity index (χ0) is 25.5. The molecule has 2 aromatic carbocycles. The van der Waals surface area contributed by atoms with Crippen molar-refractivity contribution in [3.05, 3.63) is 77.6 Å². The molecule has 0 radical (unpaired) electrons. The summed E-state index contributed by atoms with van der Waals surface area (Å²) in [5.74, 6) is -6.65. The normalized spacial score (nSPS) is 11.4. The molecular weight excluding hydrogens is 493 g/mol. The molecule has 1 heterocycles. The second-order valence-corrected chi connectivity index (χ2v) is 6.94. The van der Waals surface area contributed by atoms with E-state index in [1.807, 2.05) is 5.16 Å². The number of ether oxygens (including phenoxy) is 2. The number of carbonyl (C=O) groups excluding carboxylic acids is 1. The van der Waals surface area contributed by atoms with Gasteiger partial charge in [0.2, 0.25) is 11.7 Å². The predicted octanol–water partition coefficient (Wildman–Crippen LogP) is 6.51. The van der Waals surface area contributed by atoms with Gasteiger partial charge in [-0.05, 0) is 24.7 Å². The molecule has 0 aliphatic carbocycles. The molecular formula is C23H14F5N3O3S. The highest BCUT2D eigenvalue weighted by Crippen LogP contribution is 2.29. The summed E-state index contributed by atoms with van der Waals surface area (Å²) < 4.78 is 79.4. The molecule has 0 amide bonds. The Bertz CT molecular complexity index is 1320. The first-order valence-corrected chi connectivity index (χ1v) is 10.3. The molecule has 1 aromatic heterocycles. The van der Waals surface area contributed by atoms with E-state index < -0.39 is 52.5 Å². The first-order chi connectivity index (χ1) is 16.7. The molecule has 0 aliphatic rings. The smallest absolute Gasteiger partial charge is 0.381 e. The van der Waals surface area contributed by atoms with Crippen LogP contribution in [0.25, 0.3) is 17.0 Å². The van der Waals surface area contributed by atoms with Crippen LogP contribution in [-0.4, -0.2) is 27.7 Å². The minimum absolute atomic E-state index is 0.0382. The fraction of sp³-hybridized carbons (Fsp3) is 0.130. The molecule has 0 atom stereocenters. The van der Waals surface area contributed by atoms with Crippen LogP contribution in [0.2, 0.25) is 0 Å². The molecule has 35 heavy (non-hydrogen) atoms. The number of halogens is 5. The topological polar surface area (TPSA) is 73.7 Å². The van der Waals surface area contributed by atoms with Gasteiger partial charge in [0.15, 0.2) is 11.6 Å². The van der Waals surface area contributed by atoms with E-state index in [1.54, 1.807) is 6.92 Å². The third kappa shape index (κ3) is 6.11. The average molecular weight is 507 g/mol. The number of thiocarbonyl (C=S) groups is 1. The first kappa shape index (κ1) is 25.6. The number of rotatable bonds is 8. The third-order valence-corrected chi connectivity index (χ3v) is 4.42. The van der Waals surface area contributed by atoms with Gasteiger partial charge in [0.05, 0.1) is 11.8 Å². The summed E-state index contributed by atoms with van der Waals surface area (Å²) in [4.78, 5) is 23.0. The van der Waals surface area contributed by atoms with E-state index in [-0.39, 0.29) is 23.3 Å². The van der Waals surface area contributed by atoms with Gasteiger partial charge in [-0.2, -0.15) is 13.8 Å². The van der Waals surface area contributed by atoms with Crippen molar-refractivity contribution in [2.45, 2.75) is 13.3 Å². The van der Waals surface area contributed by atoms with Crippen LogP contribution < -0.4 is 4.74 Å². The second-order valence-electron chi connectivity index (χ2n) is 6.75. The van der Waals surface area contributed by atoms with E-state index in [1.165, 1.54) is 6.07 Å². The van der Waals surface area contributed by atoms with Crippen molar-refractivity contribution in [1.82, 2.24) is 9.97 Å². The SMILES string of the molecule is CCCO/C(F)=C(\F)c1ccc(-c2cnc(C(=O)Oc3cc(F)c(N=C=S)c(F)c3)nc2)c(F)c1. The second kappa shape index (κ2) is 11.4. The predicted molar refractivity (Wildman–Crippen MR) is 119 cm³/mol. The van der Waals surface area contributed by atoms with Gasteiger partial charge in [0, 0.05) is 41.2 Å². The standard InChI is InChI=1S/C23H14F5N3O3S/c1-2-5-33-21(28)19(27)12-3-4-15(16(24)6-12)13-9-29-22(30-10-13)23(32)34-14-7-17(25)20(31-11-35)18(26)8-14/h3-4,6-10H,2,5H2,1H3/b21-19-. The number of carbonyl (C=O) groups is 1. The molecule has 0 saturated heterocycles. The molecule has 0 aliphatic heterocycles. The summed E-state index contributed by atoms with van der Waals surface area (Å²) in [5, 5.41) is 1.83. The number of isothiocyanates is 1. The summed E-state index contributed by atoms with van der Waals surface area (Å²) in [5.41, 5.74) is -1.02. The van der Waals surface area contributed by atoms with Crippen molar-refractivity contribution < 1.29 is 36.2 Å². The van der Waals surface area contributed by atoms with Gasteiger partial charge >= 0.3 is 12.0 Å². The lowest BCUT2D eigenvalue weighted by Crippen LogP contribution is -2.13. The molecule has 0 N–H and O–H groups in total. The summed E-state index contributed by atoms with van der Waals surface area (Å²) in [6.45, 7) is 1.67. The van der Waals surface area contributed by atoms with Crippen LogP contribution in [0, 0.1) is 17.5 Å². The fourth-order valence-corrected chi connectivity index (χ4v) is 2.82. The van der Waals surface area contributed by atoms with E-state index in [4.69, 9.17) is 4.74 Å². The van der Waals surface area contributed by atoms with E-state index in [0.29, 0.717) is 18.6 Å². The van der Waals surface area contributed by atoms with Crippen LogP contribution in [-0.2, 0) is 4.74 Å². The molecule has 3 rings (SSSR count). The summed E-state index contributed by atoms with van der Waals surface area (Å²) >= 11 is 4.30. The van der Waals surface area contributed by atoms with Crippen molar-refractivity contribution in [2.24, 2.45) is 4.99 Å². The minimum Gasteiger partial charge on any atom is -0.469 e. The van der Waals surface area contributed by atoms with Crippen molar-refractivity contribution in [2.75, 3.05) is 6.61 Å². The number of aliphatic imine (C=N–C) groups is 1. The van der Waals surface area contributed by atoms with Crippen LogP contribution in [0.15, 0.2) is 53.7 Å². The van der Waals surface area contributed by atoms with E-state index in [2.05, 4.69) is 31.9 Å². The van der Waals surface area contributed by atoms with E-state index >= 15 is 0 Å². The summed E-state index contributed by atoms with van der Waals surface area (Å²) in [6, 6.07) is 3.03. The van der Waals surface area contributed by atoms with Gasteiger partial charge in [0.25, 0.3) is 0 Å². The highest BCUT2D eigenvalue weighted by Gasteiger charge is 2.18. The average Bonchev–Trinajstić information content (AvgIpc) is 2.84. The molecule has 0 unspecified atom stereocenters. The van der Waals surface area contributed by atoms with Gasteiger partial charge in [-0.25, -0.2) is 27.9 Å². The van der Waals surface area contributed by atoms with Crippen LogP contribution in [0.5, 0.6) is 5.75 Å². The largest absolute Gasteiger partial charge is 0.469 e. The van der Waals surface area contributed by atoms with Gasteiger partial charge in [-0.15, -0.1) is 0 Å². The number of aromatic nitrogens is 2. The van der Waals surface area contributed by atoms with E-state index in [9.17, 15) is 26.7 Å². The van der Waals surface area contributed by atoms with Crippen LogP contribution in [0.4, 0.5) is 27.6 Å². The molecule has 0 spiro atoms. The Labute approximate surface area is 200 Å². The molecule has 3 aromatic rings. The van der Waals surface area contributed by atoms with Crippen molar-refractivity contribution >= 4 is 34.9 Å². The Morgan fingerprint density at radius 3 is 2.29 bits per heavy atom. The van der Waals surface area contributed by atoms with Crippen molar-refractivity contribution in [3.8, 4) is 16.9 Å². The lowest BCUT2D eigenvalue weighted by Gasteiger charge is -2.08. The molecule has 0 fully saturated rings. The number of hydrogen-bond acceptors (Lipinski definition) is 7. The Balaban J connectivity index is 1.78. The minimum atomic E-state index is -1.45. The molecule has 0 bridgehead atoms. The number of hydrogen-bond donors (Lipinski definition) is 0. The van der Waals surface area contributed by atoms with Crippen LogP contribution in [0.3, 0.4) is 0 Å². The maximum Gasteiger partial charge on any atom is 0.381 e. The van der Waals surface area contributed by atoms with Gasteiger partial charge in [-0.3, -0.25) is 0 Å². The van der Waals surface area contributed by atoms with Gasteiger partial charge in [-0.1, -0.05) is 19.1 Å². The van der Waals surface area contributed by atoms with Gasteiger partial charge in [0.1, 0.15) is 17.3 Å². The zero-order valence-corrected chi connectivity index (χ0v) is 18.6. The maximum absolute atomic E-state index is 14.5. The quantitative estimate of drug-likeness (QED) is 0.0865. The zero-order valence-electron chi connectivity index (χ0n) is 17.8. The van der Waals surface area contributed by atoms with E-state index in [0.717, 1.165) is 24.5 Å². The lowest BCUT2D eigenvalue weighted by molar-refractivity contribution is 0.0721. The van der Waals surface area contributed by atoms with Crippen LogP contribution in [0.1, 0.15) is 29.5 Å². The molecule has 12 heteroatoms. The molecule has 180 valence electrons. The van der Waals surface area contributed by atoms with Gasteiger partial charge < -0.3 is 9.47 Å². The monoisotopic (exact) mass is 507 g/mol. The summed E-state index contributed by atoms with van der Waals surface area (Å²) in [6.07, 6.45) is 2.62. The Morgan fingerprint density at radius 1 is 1.06 bits per heavy atom. The number of esters is 1. The van der Waals surface area contributed by atoms with Crippen molar-refractivity contribution in [1.29, 1.82) is 0 Å². The molecule has 6 nitrogen and oxygen atoms in total. The third-order valence-electron chi connectivity index (χ3n) is 4.33. The van der Waals surface area contributed by atoms with Crippen molar-refractivity contribution in [3.63, 3.8) is 0 Å². The Hall–Kier alpha value is -4.02. The maximum atomic E-state index is 14.5. The highest BCUT2D eigenvalue weighted by molar-refractivity contribution is 7.78.